The van der Waals surface area contributed by atoms with Crippen molar-refractivity contribution >= 4 is 23.6 Å². The lowest BCUT2D eigenvalue weighted by atomic mass is 10.4. The van der Waals surface area contributed by atoms with Gasteiger partial charge in [0.25, 0.3) is 0 Å². The van der Waals surface area contributed by atoms with Gasteiger partial charge in [-0.1, -0.05) is 16.8 Å². The fourth-order valence-electron chi connectivity index (χ4n) is 0.498. The van der Waals surface area contributed by atoms with E-state index in [1.54, 1.807) is 0 Å². The Morgan fingerprint density at radius 1 is 1.82 bits per heavy atom. The quantitative estimate of drug-likeness (QED) is 0.687. The number of carboxylic acids is 1. The summed E-state index contributed by atoms with van der Waals surface area (Å²) in [5.74, 6) is -0.727. The number of carboxylic acid groups (broad SMARTS) is 1. The van der Waals surface area contributed by atoms with Crippen LogP contribution in [0.25, 0.3) is 6.08 Å². The maximum absolute atomic E-state index is 10.00. The van der Waals surface area contributed by atoms with E-state index in [4.69, 9.17) is 16.7 Å². The monoisotopic (exact) mass is 173 g/mol. The van der Waals surface area contributed by atoms with E-state index in [1.165, 1.54) is 12.1 Å². The summed E-state index contributed by atoms with van der Waals surface area (Å²) in [6.45, 7) is 0. The van der Waals surface area contributed by atoms with E-state index in [1.807, 2.05) is 0 Å². The predicted octanol–water partition coefficient (Wildman–Crippen LogP) is 1.43. The molecule has 0 radical (unpaired) electrons. The Bertz CT molecular complexity index is 292. The number of rotatable bonds is 2. The Labute approximate surface area is 67.1 Å². The lowest BCUT2D eigenvalue weighted by Gasteiger charge is -1.77. The van der Waals surface area contributed by atoms with E-state index in [2.05, 4.69) is 9.68 Å². The smallest absolute Gasteiger partial charge is 0.328 e. The van der Waals surface area contributed by atoms with Crippen molar-refractivity contribution in [2.45, 2.75) is 0 Å². The largest absolute Gasteiger partial charge is 0.478 e. The maximum atomic E-state index is 10.00. The first-order valence-electron chi connectivity index (χ1n) is 2.72. The molecular formula is C6H4ClNO3. The zero-order valence-corrected chi connectivity index (χ0v) is 6.08. The molecule has 1 aromatic heterocycles. The summed E-state index contributed by atoms with van der Waals surface area (Å²) in [5, 5.41) is 11.7. The van der Waals surface area contributed by atoms with Crippen molar-refractivity contribution in [2.24, 2.45) is 0 Å². The molecule has 0 saturated carbocycles. The van der Waals surface area contributed by atoms with Gasteiger partial charge >= 0.3 is 5.97 Å². The van der Waals surface area contributed by atoms with Crippen molar-refractivity contribution in [3.05, 3.63) is 23.1 Å². The molecule has 0 fully saturated rings. The minimum absolute atomic E-state index is 0.204. The van der Waals surface area contributed by atoms with E-state index in [0.717, 1.165) is 6.08 Å². The van der Waals surface area contributed by atoms with Gasteiger partial charge in [-0.15, -0.1) is 0 Å². The molecule has 5 heteroatoms. The Morgan fingerprint density at radius 3 is 3.00 bits per heavy atom. The summed E-state index contributed by atoms with van der Waals surface area (Å²) in [6.07, 6.45) is 2.21. The van der Waals surface area contributed by atoms with Crippen LogP contribution in [0.3, 0.4) is 0 Å². The predicted molar refractivity (Wildman–Crippen MR) is 38.2 cm³/mol. The molecule has 0 unspecified atom stereocenters. The van der Waals surface area contributed by atoms with Crippen LogP contribution in [-0.2, 0) is 4.79 Å². The highest BCUT2D eigenvalue weighted by Crippen LogP contribution is 2.09. The summed E-state index contributed by atoms with van der Waals surface area (Å²) < 4.78 is 4.58. The van der Waals surface area contributed by atoms with Gasteiger partial charge in [-0.2, -0.15) is 0 Å². The first-order valence-corrected chi connectivity index (χ1v) is 3.09. The Hall–Kier alpha value is -1.29. The average molecular weight is 174 g/mol. The molecule has 0 spiro atoms. The van der Waals surface area contributed by atoms with Crippen molar-refractivity contribution < 1.29 is 14.4 Å². The molecule has 1 aromatic rings. The molecule has 11 heavy (non-hydrogen) atoms. The number of hydrogen-bond donors (Lipinski definition) is 1. The SMILES string of the molecule is O=C(O)/C=C/c1cc(Cl)no1. The summed E-state index contributed by atoms with van der Waals surface area (Å²) in [4.78, 5) is 10.00. The zero-order chi connectivity index (χ0) is 8.27. The highest BCUT2D eigenvalue weighted by atomic mass is 35.5. The van der Waals surface area contributed by atoms with E-state index in [-0.39, 0.29) is 5.15 Å². The molecule has 1 rings (SSSR count). The molecule has 0 atom stereocenters. The number of carbonyl (C=O) groups is 1. The summed E-state index contributed by atoms with van der Waals surface area (Å²) in [6, 6.07) is 1.42. The molecule has 58 valence electrons. The number of nitrogens with zero attached hydrogens (tertiary/aromatic N) is 1. The molecule has 1 N–H and O–H groups in total. The van der Waals surface area contributed by atoms with Crippen LogP contribution in [0, 0.1) is 0 Å². The van der Waals surface area contributed by atoms with Gasteiger partial charge in [0.2, 0.25) is 0 Å². The lowest BCUT2D eigenvalue weighted by Crippen LogP contribution is -1.84. The third-order valence-corrected chi connectivity index (χ3v) is 1.07. The number of aliphatic carboxylic acids is 1. The molecule has 0 aliphatic heterocycles. The second-order valence-electron chi connectivity index (χ2n) is 1.72. The molecule has 1 heterocycles. The van der Waals surface area contributed by atoms with Crippen LogP contribution in [0.5, 0.6) is 0 Å². The van der Waals surface area contributed by atoms with E-state index in [0.29, 0.717) is 5.76 Å². The fourth-order valence-corrected chi connectivity index (χ4v) is 0.640. The van der Waals surface area contributed by atoms with E-state index in [9.17, 15) is 4.79 Å². The summed E-state index contributed by atoms with van der Waals surface area (Å²) in [5.41, 5.74) is 0. The van der Waals surface area contributed by atoms with Gasteiger partial charge < -0.3 is 9.63 Å². The van der Waals surface area contributed by atoms with Gasteiger partial charge in [0.05, 0.1) is 0 Å². The summed E-state index contributed by atoms with van der Waals surface area (Å²) in [7, 11) is 0. The molecule has 0 amide bonds. The van der Waals surface area contributed by atoms with Gasteiger partial charge in [0.15, 0.2) is 10.9 Å². The highest BCUT2D eigenvalue weighted by Gasteiger charge is 1.96. The average Bonchev–Trinajstić information content (AvgIpc) is 2.31. The van der Waals surface area contributed by atoms with Gasteiger partial charge in [0, 0.05) is 12.1 Å². The first kappa shape index (κ1) is 7.81. The van der Waals surface area contributed by atoms with Crippen molar-refractivity contribution in [1.29, 1.82) is 0 Å². The van der Waals surface area contributed by atoms with Gasteiger partial charge in [-0.05, 0) is 6.08 Å². The standard InChI is InChI=1S/C6H4ClNO3/c7-5-3-4(11-8-5)1-2-6(9)10/h1-3H,(H,9,10)/b2-1+. The van der Waals surface area contributed by atoms with Crippen LogP contribution in [0.15, 0.2) is 16.7 Å². The normalized spacial score (nSPS) is 10.6. The molecule has 0 aliphatic carbocycles. The van der Waals surface area contributed by atoms with Gasteiger partial charge in [-0.3, -0.25) is 0 Å². The number of halogens is 1. The van der Waals surface area contributed by atoms with Crippen LogP contribution in [-0.4, -0.2) is 16.2 Å². The van der Waals surface area contributed by atoms with Gasteiger partial charge in [0.1, 0.15) is 0 Å². The molecule has 0 bridgehead atoms. The minimum Gasteiger partial charge on any atom is -0.478 e. The van der Waals surface area contributed by atoms with E-state index >= 15 is 0 Å². The van der Waals surface area contributed by atoms with E-state index < -0.39 is 5.97 Å². The summed E-state index contributed by atoms with van der Waals surface area (Å²) >= 11 is 5.39. The molecule has 0 saturated heterocycles. The molecule has 0 aromatic carbocycles. The van der Waals surface area contributed by atoms with Crippen LogP contribution in [0.4, 0.5) is 0 Å². The zero-order valence-electron chi connectivity index (χ0n) is 5.32. The highest BCUT2D eigenvalue weighted by molar-refractivity contribution is 6.29. The minimum atomic E-state index is -1.04. The Kier molecular flexibility index (Phi) is 2.28. The number of aromatic nitrogens is 1. The number of hydrogen-bond acceptors (Lipinski definition) is 3. The van der Waals surface area contributed by atoms with Crippen molar-refractivity contribution in [3.63, 3.8) is 0 Å². The second kappa shape index (κ2) is 3.21. The molecule has 0 aliphatic rings. The third kappa shape index (κ3) is 2.43. The van der Waals surface area contributed by atoms with Crippen LogP contribution in [0.1, 0.15) is 5.76 Å². The Balaban J connectivity index is 2.71. The van der Waals surface area contributed by atoms with Crippen LogP contribution >= 0.6 is 11.6 Å². The molecule has 4 nitrogen and oxygen atoms in total. The Morgan fingerprint density at radius 2 is 2.55 bits per heavy atom. The first-order chi connectivity index (χ1) is 5.18. The van der Waals surface area contributed by atoms with Crippen molar-refractivity contribution in [1.82, 2.24) is 5.16 Å². The third-order valence-electron chi connectivity index (χ3n) is 0.890. The van der Waals surface area contributed by atoms with Crippen LogP contribution < -0.4 is 0 Å². The van der Waals surface area contributed by atoms with Crippen molar-refractivity contribution in [3.8, 4) is 0 Å². The molecular weight excluding hydrogens is 170 g/mol. The van der Waals surface area contributed by atoms with Crippen LogP contribution in [0.2, 0.25) is 5.15 Å². The lowest BCUT2D eigenvalue weighted by molar-refractivity contribution is -0.131. The van der Waals surface area contributed by atoms with Crippen molar-refractivity contribution in [2.75, 3.05) is 0 Å². The van der Waals surface area contributed by atoms with Gasteiger partial charge in [-0.25, -0.2) is 4.79 Å². The fraction of sp³-hybridized carbons (Fsp3) is 0. The second-order valence-corrected chi connectivity index (χ2v) is 2.11. The maximum Gasteiger partial charge on any atom is 0.328 e. The topological polar surface area (TPSA) is 63.3 Å².